The first-order valence-corrected chi connectivity index (χ1v) is 7.24. The number of hydrogen-bond acceptors (Lipinski definition) is 4. The fourth-order valence-corrected chi connectivity index (χ4v) is 2.06. The predicted octanol–water partition coefficient (Wildman–Crippen LogP) is 2.84. The molecule has 0 saturated heterocycles. The van der Waals surface area contributed by atoms with E-state index in [1.807, 2.05) is 26.0 Å². The third kappa shape index (κ3) is 4.11. The minimum Gasteiger partial charge on any atom is -0.491 e. The Morgan fingerprint density at radius 2 is 2.14 bits per heavy atom. The fourth-order valence-electron chi connectivity index (χ4n) is 2.06. The first-order chi connectivity index (χ1) is 10.5. The lowest BCUT2D eigenvalue weighted by molar-refractivity contribution is 0.0888. The Morgan fingerprint density at radius 1 is 1.36 bits per heavy atom. The maximum absolute atomic E-state index is 11.9. The average Bonchev–Trinajstić information content (AvgIpc) is 2.90. The lowest BCUT2D eigenvalue weighted by Crippen LogP contribution is -2.28. The predicted molar refractivity (Wildman–Crippen MR) is 82.9 cm³/mol. The van der Waals surface area contributed by atoms with Crippen LogP contribution in [0, 0.1) is 6.92 Å². The molecule has 1 amide bonds. The molecule has 118 valence electrons. The van der Waals surface area contributed by atoms with Crippen LogP contribution in [0.1, 0.15) is 41.6 Å². The van der Waals surface area contributed by atoms with Gasteiger partial charge in [-0.15, -0.1) is 0 Å². The molecular formula is C17H21NO4. The van der Waals surface area contributed by atoms with Crippen LogP contribution < -0.4 is 10.1 Å². The SMILES string of the molecule is Cc1ccoc1C(=O)NCC(O)c1cccc(OC(C)C)c1. The summed E-state index contributed by atoms with van der Waals surface area (Å²) in [7, 11) is 0. The number of amides is 1. The molecule has 1 aromatic heterocycles. The number of hydrogen-bond donors (Lipinski definition) is 2. The standard InChI is InChI=1S/C17H21NO4/c1-11(2)22-14-6-4-5-13(9-14)15(19)10-18-17(20)16-12(3)7-8-21-16/h4-9,11,15,19H,10H2,1-3H3,(H,18,20). The highest BCUT2D eigenvalue weighted by Gasteiger charge is 2.15. The van der Waals surface area contributed by atoms with E-state index in [1.54, 1.807) is 25.1 Å². The Bertz CT molecular complexity index is 633. The zero-order chi connectivity index (χ0) is 16.1. The largest absolute Gasteiger partial charge is 0.491 e. The van der Waals surface area contributed by atoms with Crippen LogP contribution in [0.3, 0.4) is 0 Å². The van der Waals surface area contributed by atoms with E-state index < -0.39 is 6.10 Å². The van der Waals surface area contributed by atoms with Crippen molar-refractivity contribution in [1.82, 2.24) is 5.32 Å². The molecule has 1 unspecified atom stereocenters. The van der Waals surface area contributed by atoms with Crippen molar-refractivity contribution in [3.8, 4) is 5.75 Å². The molecule has 0 saturated carbocycles. The Morgan fingerprint density at radius 3 is 2.77 bits per heavy atom. The molecule has 5 nitrogen and oxygen atoms in total. The van der Waals surface area contributed by atoms with Crippen LogP contribution in [0.4, 0.5) is 0 Å². The van der Waals surface area contributed by atoms with Gasteiger partial charge in [0, 0.05) is 12.1 Å². The summed E-state index contributed by atoms with van der Waals surface area (Å²) in [6.07, 6.45) is 0.719. The van der Waals surface area contributed by atoms with Gasteiger partial charge in [0.2, 0.25) is 0 Å². The molecule has 2 rings (SSSR count). The fraction of sp³-hybridized carbons (Fsp3) is 0.353. The van der Waals surface area contributed by atoms with Gasteiger partial charge in [-0.2, -0.15) is 0 Å². The van der Waals surface area contributed by atoms with Crippen molar-refractivity contribution < 1.29 is 19.1 Å². The van der Waals surface area contributed by atoms with Gasteiger partial charge in [-0.1, -0.05) is 12.1 Å². The van der Waals surface area contributed by atoms with Crippen LogP contribution in [-0.4, -0.2) is 23.7 Å². The molecule has 22 heavy (non-hydrogen) atoms. The highest BCUT2D eigenvalue weighted by Crippen LogP contribution is 2.20. The molecule has 2 aromatic rings. The van der Waals surface area contributed by atoms with Crippen LogP contribution in [-0.2, 0) is 0 Å². The Labute approximate surface area is 129 Å². The van der Waals surface area contributed by atoms with E-state index in [1.165, 1.54) is 6.26 Å². The number of aliphatic hydroxyl groups excluding tert-OH is 1. The summed E-state index contributed by atoms with van der Waals surface area (Å²) in [6.45, 7) is 5.77. The maximum atomic E-state index is 11.9. The van der Waals surface area contributed by atoms with Gasteiger partial charge >= 0.3 is 0 Å². The van der Waals surface area contributed by atoms with Gasteiger partial charge in [-0.3, -0.25) is 4.79 Å². The second-order valence-electron chi connectivity index (χ2n) is 5.40. The molecule has 0 fully saturated rings. The van der Waals surface area contributed by atoms with Crippen molar-refractivity contribution in [3.63, 3.8) is 0 Å². The highest BCUT2D eigenvalue weighted by atomic mass is 16.5. The molecule has 0 radical (unpaired) electrons. The number of rotatable bonds is 6. The highest BCUT2D eigenvalue weighted by molar-refractivity contribution is 5.92. The van der Waals surface area contributed by atoms with Crippen LogP contribution in [0.5, 0.6) is 5.75 Å². The number of benzene rings is 1. The Hall–Kier alpha value is -2.27. The first-order valence-electron chi connectivity index (χ1n) is 7.24. The van der Waals surface area contributed by atoms with Gasteiger partial charge < -0.3 is 19.6 Å². The molecule has 0 aliphatic heterocycles. The van der Waals surface area contributed by atoms with Crippen LogP contribution in [0.25, 0.3) is 0 Å². The average molecular weight is 303 g/mol. The molecule has 0 bridgehead atoms. The number of ether oxygens (including phenoxy) is 1. The molecule has 1 aromatic carbocycles. The number of carbonyl (C=O) groups is 1. The summed E-state index contributed by atoms with van der Waals surface area (Å²) in [5.74, 6) is 0.625. The normalized spacial score (nSPS) is 12.2. The number of furan rings is 1. The molecule has 5 heteroatoms. The summed E-state index contributed by atoms with van der Waals surface area (Å²) < 4.78 is 10.7. The third-order valence-electron chi connectivity index (χ3n) is 3.14. The summed E-state index contributed by atoms with van der Waals surface area (Å²) in [4.78, 5) is 11.9. The zero-order valence-electron chi connectivity index (χ0n) is 13.0. The zero-order valence-corrected chi connectivity index (χ0v) is 13.0. The topological polar surface area (TPSA) is 71.7 Å². The van der Waals surface area contributed by atoms with Crippen molar-refractivity contribution in [2.45, 2.75) is 33.0 Å². The second-order valence-corrected chi connectivity index (χ2v) is 5.40. The second kappa shape index (κ2) is 7.13. The summed E-state index contributed by atoms with van der Waals surface area (Å²) >= 11 is 0. The van der Waals surface area contributed by atoms with Gasteiger partial charge in [0.05, 0.1) is 18.5 Å². The molecule has 1 atom stereocenters. The molecule has 1 heterocycles. The molecule has 0 spiro atoms. The number of nitrogens with one attached hydrogen (secondary N) is 1. The van der Waals surface area contributed by atoms with E-state index in [-0.39, 0.29) is 24.3 Å². The van der Waals surface area contributed by atoms with Gasteiger partial charge in [0.15, 0.2) is 5.76 Å². The number of aryl methyl sites for hydroxylation is 1. The van der Waals surface area contributed by atoms with Crippen molar-refractivity contribution >= 4 is 5.91 Å². The van der Waals surface area contributed by atoms with Crippen molar-refractivity contribution in [3.05, 3.63) is 53.5 Å². The van der Waals surface area contributed by atoms with E-state index in [0.29, 0.717) is 11.3 Å². The minimum atomic E-state index is -0.810. The number of carbonyl (C=O) groups excluding carboxylic acids is 1. The van der Waals surface area contributed by atoms with Crippen molar-refractivity contribution in [1.29, 1.82) is 0 Å². The molecule has 0 aliphatic rings. The Balaban J connectivity index is 1.96. The summed E-state index contributed by atoms with van der Waals surface area (Å²) in [6, 6.07) is 8.94. The van der Waals surface area contributed by atoms with Gasteiger partial charge in [0.25, 0.3) is 5.91 Å². The van der Waals surface area contributed by atoms with Crippen LogP contribution in [0.2, 0.25) is 0 Å². The monoisotopic (exact) mass is 303 g/mol. The quantitative estimate of drug-likeness (QED) is 0.861. The molecule has 2 N–H and O–H groups in total. The van der Waals surface area contributed by atoms with Gasteiger partial charge in [-0.25, -0.2) is 0 Å². The maximum Gasteiger partial charge on any atom is 0.287 e. The lowest BCUT2D eigenvalue weighted by Gasteiger charge is -2.15. The van der Waals surface area contributed by atoms with Crippen LogP contribution >= 0.6 is 0 Å². The molecule has 0 aliphatic carbocycles. The molecular weight excluding hydrogens is 282 g/mol. The first kappa shape index (κ1) is 16.1. The van der Waals surface area contributed by atoms with E-state index in [2.05, 4.69) is 5.32 Å². The third-order valence-corrected chi connectivity index (χ3v) is 3.14. The smallest absolute Gasteiger partial charge is 0.287 e. The van der Waals surface area contributed by atoms with Crippen LogP contribution in [0.15, 0.2) is 41.0 Å². The van der Waals surface area contributed by atoms with E-state index >= 15 is 0 Å². The van der Waals surface area contributed by atoms with Crippen molar-refractivity contribution in [2.75, 3.05) is 6.54 Å². The van der Waals surface area contributed by atoms with Crippen molar-refractivity contribution in [2.24, 2.45) is 0 Å². The van der Waals surface area contributed by atoms with E-state index in [4.69, 9.17) is 9.15 Å². The summed E-state index contributed by atoms with van der Waals surface area (Å²) in [5, 5.41) is 12.9. The van der Waals surface area contributed by atoms with E-state index in [9.17, 15) is 9.90 Å². The lowest BCUT2D eigenvalue weighted by atomic mass is 10.1. The van der Waals surface area contributed by atoms with Gasteiger partial charge in [-0.05, 0) is 44.5 Å². The summed E-state index contributed by atoms with van der Waals surface area (Å²) in [5.41, 5.74) is 1.45. The van der Waals surface area contributed by atoms with Gasteiger partial charge in [0.1, 0.15) is 5.75 Å². The minimum absolute atomic E-state index is 0.0639. The van der Waals surface area contributed by atoms with E-state index in [0.717, 1.165) is 5.56 Å². The Kier molecular flexibility index (Phi) is 5.22. The number of aliphatic hydroxyl groups is 1.